The summed E-state index contributed by atoms with van der Waals surface area (Å²) in [5.74, 6) is 0.595. The quantitative estimate of drug-likeness (QED) is 0.183. The number of hydrogen-bond donors (Lipinski definition) is 0. The van der Waals surface area contributed by atoms with Gasteiger partial charge < -0.3 is 0 Å². The van der Waals surface area contributed by atoms with Crippen LogP contribution in [0, 0.1) is 5.92 Å². The third kappa shape index (κ3) is 4.55. The first-order chi connectivity index (χ1) is 21.6. The highest BCUT2D eigenvalue weighted by atomic mass is 14.2. The molecule has 210 valence electrons. The Morgan fingerprint density at radius 2 is 0.955 bits per heavy atom. The molecular weight excluding hydrogens is 528 g/mol. The third-order valence-corrected chi connectivity index (χ3v) is 9.04. The second kappa shape index (κ2) is 10.8. The standard InChI is InChI=1S/C44H34/c1-29(2)26-30-18-25-41-42(27-30)44(36-24-19-31-10-3-4-12-35(31)28-36)40-16-8-7-15-39(40)43(41)34-22-20-33(21-23-34)38-17-9-13-32-11-5-6-14-37(32)38/h3-25,27-29H,26H2,1-2H3. The highest BCUT2D eigenvalue weighted by Gasteiger charge is 2.18. The van der Waals surface area contributed by atoms with E-state index >= 15 is 0 Å². The summed E-state index contributed by atoms with van der Waals surface area (Å²) < 4.78 is 0. The number of benzene rings is 8. The molecule has 8 aromatic rings. The van der Waals surface area contributed by atoms with Gasteiger partial charge in [-0.25, -0.2) is 0 Å². The first-order valence-corrected chi connectivity index (χ1v) is 15.7. The summed E-state index contributed by atoms with van der Waals surface area (Å²) in [5.41, 5.74) is 9.05. The number of fused-ring (bicyclic) bond motifs is 4. The minimum absolute atomic E-state index is 0.595. The van der Waals surface area contributed by atoms with E-state index in [1.807, 2.05) is 0 Å². The Balaban J connectivity index is 1.38. The number of hydrogen-bond acceptors (Lipinski definition) is 0. The van der Waals surface area contributed by atoms with Crippen LogP contribution in [0.2, 0.25) is 0 Å². The molecule has 0 aromatic heterocycles. The first-order valence-electron chi connectivity index (χ1n) is 15.7. The van der Waals surface area contributed by atoms with Crippen LogP contribution in [0.4, 0.5) is 0 Å². The largest absolute Gasteiger partial charge is 0.0625 e. The van der Waals surface area contributed by atoms with E-state index in [0.29, 0.717) is 5.92 Å². The summed E-state index contributed by atoms with van der Waals surface area (Å²) in [4.78, 5) is 0. The average molecular weight is 563 g/mol. The normalized spacial score (nSPS) is 11.7. The van der Waals surface area contributed by atoms with Gasteiger partial charge in [0.25, 0.3) is 0 Å². The highest BCUT2D eigenvalue weighted by molar-refractivity contribution is 6.22. The summed E-state index contributed by atoms with van der Waals surface area (Å²) in [6.45, 7) is 4.61. The van der Waals surface area contributed by atoms with Crippen molar-refractivity contribution in [2.45, 2.75) is 20.3 Å². The molecular formula is C44H34. The van der Waals surface area contributed by atoms with E-state index in [2.05, 4.69) is 166 Å². The van der Waals surface area contributed by atoms with E-state index in [1.54, 1.807) is 0 Å². The van der Waals surface area contributed by atoms with Crippen LogP contribution >= 0.6 is 0 Å². The molecule has 8 rings (SSSR count). The summed E-state index contributed by atoms with van der Waals surface area (Å²) in [6, 6.07) is 56.2. The molecule has 0 fully saturated rings. The number of rotatable bonds is 5. The molecule has 0 nitrogen and oxygen atoms in total. The van der Waals surface area contributed by atoms with E-state index in [4.69, 9.17) is 0 Å². The topological polar surface area (TPSA) is 0 Å². The van der Waals surface area contributed by atoms with Gasteiger partial charge in [-0.2, -0.15) is 0 Å². The molecule has 0 amide bonds. The average Bonchev–Trinajstić information content (AvgIpc) is 3.06. The maximum atomic E-state index is 2.46. The first kappa shape index (κ1) is 26.4. The zero-order chi connectivity index (χ0) is 29.6. The molecule has 0 aliphatic carbocycles. The molecule has 0 aliphatic heterocycles. The summed E-state index contributed by atoms with van der Waals surface area (Å²) in [5, 5.41) is 10.3. The smallest absolute Gasteiger partial charge is 0.00261 e. The molecule has 0 N–H and O–H groups in total. The van der Waals surface area contributed by atoms with Gasteiger partial charge in [-0.1, -0.05) is 159 Å². The predicted molar refractivity (Wildman–Crippen MR) is 191 cm³/mol. The second-order valence-electron chi connectivity index (χ2n) is 12.4. The van der Waals surface area contributed by atoms with Crippen molar-refractivity contribution in [2.24, 2.45) is 5.92 Å². The Hall–Kier alpha value is -5.20. The zero-order valence-electron chi connectivity index (χ0n) is 25.2. The molecule has 0 aliphatic rings. The molecule has 0 heterocycles. The van der Waals surface area contributed by atoms with Crippen molar-refractivity contribution >= 4 is 43.1 Å². The Bertz CT molecular complexity index is 2310. The van der Waals surface area contributed by atoms with Crippen LogP contribution in [-0.2, 0) is 6.42 Å². The van der Waals surface area contributed by atoms with Crippen molar-refractivity contribution in [1.29, 1.82) is 0 Å². The molecule has 0 unspecified atom stereocenters. The second-order valence-corrected chi connectivity index (χ2v) is 12.4. The Kier molecular flexibility index (Phi) is 6.50. The minimum atomic E-state index is 0.595. The Morgan fingerprint density at radius 1 is 0.386 bits per heavy atom. The van der Waals surface area contributed by atoms with Crippen LogP contribution < -0.4 is 0 Å². The molecule has 0 saturated carbocycles. The van der Waals surface area contributed by atoms with Crippen molar-refractivity contribution in [2.75, 3.05) is 0 Å². The molecule has 0 atom stereocenters. The minimum Gasteiger partial charge on any atom is -0.0625 e. The van der Waals surface area contributed by atoms with E-state index < -0.39 is 0 Å². The lowest BCUT2D eigenvalue weighted by molar-refractivity contribution is 0.648. The van der Waals surface area contributed by atoms with E-state index in [0.717, 1.165) is 6.42 Å². The summed E-state index contributed by atoms with van der Waals surface area (Å²) in [6.07, 6.45) is 1.06. The molecule has 0 heteroatoms. The summed E-state index contributed by atoms with van der Waals surface area (Å²) in [7, 11) is 0. The van der Waals surface area contributed by atoms with E-state index in [9.17, 15) is 0 Å². The fourth-order valence-corrected chi connectivity index (χ4v) is 7.08. The lowest BCUT2D eigenvalue weighted by Crippen LogP contribution is -1.96. The van der Waals surface area contributed by atoms with Gasteiger partial charge in [-0.15, -0.1) is 0 Å². The van der Waals surface area contributed by atoms with Gasteiger partial charge >= 0.3 is 0 Å². The van der Waals surface area contributed by atoms with Gasteiger partial charge in [0.2, 0.25) is 0 Å². The van der Waals surface area contributed by atoms with Crippen LogP contribution in [0.1, 0.15) is 19.4 Å². The maximum Gasteiger partial charge on any atom is -0.00261 e. The SMILES string of the molecule is CC(C)Cc1ccc2c(-c3ccc(-c4cccc5ccccc45)cc3)c3ccccc3c(-c3ccc4ccccc4c3)c2c1. The molecule has 8 aromatic carbocycles. The Morgan fingerprint density at radius 3 is 1.70 bits per heavy atom. The van der Waals surface area contributed by atoms with E-state index in [1.165, 1.54) is 82.0 Å². The van der Waals surface area contributed by atoms with E-state index in [-0.39, 0.29) is 0 Å². The van der Waals surface area contributed by atoms with Crippen LogP contribution in [0.3, 0.4) is 0 Å². The van der Waals surface area contributed by atoms with Crippen molar-refractivity contribution in [3.8, 4) is 33.4 Å². The van der Waals surface area contributed by atoms with Gasteiger partial charge in [0.1, 0.15) is 0 Å². The fourth-order valence-electron chi connectivity index (χ4n) is 7.08. The van der Waals surface area contributed by atoms with Crippen molar-refractivity contribution in [1.82, 2.24) is 0 Å². The van der Waals surface area contributed by atoms with Crippen LogP contribution in [0.5, 0.6) is 0 Å². The molecule has 0 bridgehead atoms. The van der Waals surface area contributed by atoms with Gasteiger partial charge in [-0.05, 0) is 100 Å². The van der Waals surface area contributed by atoms with Crippen molar-refractivity contribution < 1.29 is 0 Å². The maximum absolute atomic E-state index is 2.46. The molecule has 0 spiro atoms. The lowest BCUT2D eigenvalue weighted by atomic mass is 9.84. The van der Waals surface area contributed by atoms with Crippen molar-refractivity contribution in [3.05, 3.63) is 157 Å². The zero-order valence-corrected chi connectivity index (χ0v) is 25.2. The highest BCUT2D eigenvalue weighted by Crippen LogP contribution is 2.45. The van der Waals surface area contributed by atoms with Crippen LogP contribution in [0.15, 0.2) is 152 Å². The fraction of sp³-hybridized carbons (Fsp3) is 0.0909. The monoisotopic (exact) mass is 562 g/mol. The van der Waals surface area contributed by atoms with Gasteiger partial charge in [0.05, 0.1) is 0 Å². The molecule has 0 saturated heterocycles. The van der Waals surface area contributed by atoms with Crippen molar-refractivity contribution in [3.63, 3.8) is 0 Å². The van der Waals surface area contributed by atoms with Crippen LogP contribution in [0.25, 0.3) is 76.5 Å². The summed E-state index contributed by atoms with van der Waals surface area (Å²) >= 11 is 0. The van der Waals surface area contributed by atoms with Gasteiger partial charge in [-0.3, -0.25) is 0 Å². The predicted octanol–water partition coefficient (Wildman–Crippen LogP) is 12.5. The Labute approximate surface area is 259 Å². The van der Waals surface area contributed by atoms with Crippen LogP contribution in [-0.4, -0.2) is 0 Å². The molecule has 0 radical (unpaired) electrons. The van der Waals surface area contributed by atoms with Gasteiger partial charge in [0.15, 0.2) is 0 Å². The van der Waals surface area contributed by atoms with Gasteiger partial charge in [0, 0.05) is 0 Å². The third-order valence-electron chi connectivity index (χ3n) is 9.04. The molecule has 44 heavy (non-hydrogen) atoms. The lowest BCUT2D eigenvalue weighted by Gasteiger charge is -2.19.